The first kappa shape index (κ1) is 19.4. The number of aryl methyl sites for hydroxylation is 2. The number of carbonyl (C=O) groups is 1. The maximum Gasteiger partial charge on any atom is 0.253 e. The van der Waals surface area contributed by atoms with Crippen LogP contribution in [0.25, 0.3) is 5.69 Å². The van der Waals surface area contributed by atoms with Crippen molar-refractivity contribution < 1.29 is 4.79 Å². The lowest BCUT2D eigenvalue weighted by molar-refractivity contribution is 0.0761. The summed E-state index contributed by atoms with van der Waals surface area (Å²) in [4.78, 5) is 21.6. The van der Waals surface area contributed by atoms with Crippen LogP contribution in [0, 0.1) is 13.8 Å². The van der Waals surface area contributed by atoms with Crippen molar-refractivity contribution >= 4 is 5.91 Å². The largest absolute Gasteiger partial charge is 0.337 e. The topological polar surface area (TPSA) is 41.4 Å². The van der Waals surface area contributed by atoms with Gasteiger partial charge in [-0.15, -0.1) is 0 Å². The van der Waals surface area contributed by atoms with Gasteiger partial charge in [0, 0.05) is 67.8 Å². The summed E-state index contributed by atoms with van der Waals surface area (Å²) in [5.41, 5.74) is 5.47. The van der Waals surface area contributed by atoms with Gasteiger partial charge >= 0.3 is 0 Å². The van der Waals surface area contributed by atoms with E-state index in [1.807, 2.05) is 41.4 Å². The summed E-state index contributed by atoms with van der Waals surface area (Å²) in [6.07, 6.45) is 4.71. The second kappa shape index (κ2) is 8.62. The Morgan fingerprint density at radius 1 is 0.931 bits per heavy atom. The highest BCUT2D eigenvalue weighted by atomic mass is 16.2. The molecule has 29 heavy (non-hydrogen) atoms. The van der Waals surface area contributed by atoms with E-state index >= 15 is 0 Å². The molecule has 0 aliphatic carbocycles. The van der Waals surface area contributed by atoms with Gasteiger partial charge in [0.05, 0.1) is 0 Å². The molecule has 1 aliphatic heterocycles. The SMILES string of the molecule is Cc1ccc(C)n1-c1ccc(C(=O)N2CCCN(Cc3cccnc3)CC2)cc1. The highest BCUT2D eigenvalue weighted by Crippen LogP contribution is 2.18. The molecule has 0 radical (unpaired) electrons. The van der Waals surface area contributed by atoms with Crippen LogP contribution in [0.15, 0.2) is 60.9 Å². The van der Waals surface area contributed by atoms with Crippen LogP contribution in [0.2, 0.25) is 0 Å². The lowest BCUT2D eigenvalue weighted by Gasteiger charge is -2.22. The molecule has 150 valence electrons. The van der Waals surface area contributed by atoms with Crippen molar-refractivity contribution in [2.75, 3.05) is 26.2 Å². The summed E-state index contributed by atoms with van der Waals surface area (Å²) in [5.74, 6) is 0.126. The molecule has 1 aliphatic rings. The quantitative estimate of drug-likeness (QED) is 0.682. The van der Waals surface area contributed by atoms with E-state index in [-0.39, 0.29) is 5.91 Å². The van der Waals surface area contributed by atoms with E-state index in [2.05, 4.69) is 46.5 Å². The van der Waals surface area contributed by atoms with E-state index in [9.17, 15) is 4.79 Å². The Bertz CT molecular complexity index is 943. The maximum atomic E-state index is 13.0. The maximum absolute atomic E-state index is 13.0. The molecular weight excluding hydrogens is 360 g/mol. The average molecular weight is 389 g/mol. The molecule has 4 rings (SSSR count). The standard InChI is InChI=1S/C24H28N4O/c1-19-6-7-20(2)28(19)23-10-8-22(9-11-23)24(29)27-14-4-13-26(15-16-27)18-21-5-3-12-25-17-21/h3,5-12,17H,4,13-16,18H2,1-2H3. The molecule has 1 fully saturated rings. The Balaban J connectivity index is 1.40. The smallest absolute Gasteiger partial charge is 0.253 e. The van der Waals surface area contributed by atoms with Crippen molar-refractivity contribution in [2.45, 2.75) is 26.8 Å². The van der Waals surface area contributed by atoms with Crippen molar-refractivity contribution in [1.29, 1.82) is 0 Å². The highest BCUT2D eigenvalue weighted by molar-refractivity contribution is 5.94. The van der Waals surface area contributed by atoms with Crippen molar-refractivity contribution in [3.63, 3.8) is 0 Å². The molecule has 2 aromatic heterocycles. The summed E-state index contributed by atoms with van der Waals surface area (Å²) in [6.45, 7) is 8.54. The normalized spacial score (nSPS) is 15.3. The Morgan fingerprint density at radius 3 is 2.38 bits per heavy atom. The molecule has 5 nitrogen and oxygen atoms in total. The van der Waals surface area contributed by atoms with Crippen LogP contribution in [0.4, 0.5) is 0 Å². The summed E-state index contributed by atoms with van der Waals surface area (Å²) >= 11 is 0. The zero-order valence-electron chi connectivity index (χ0n) is 17.2. The molecule has 0 unspecified atom stereocenters. The van der Waals surface area contributed by atoms with Gasteiger partial charge in [0.15, 0.2) is 0 Å². The lowest BCUT2D eigenvalue weighted by Crippen LogP contribution is -2.35. The minimum absolute atomic E-state index is 0.126. The lowest BCUT2D eigenvalue weighted by atomic mass is 10.1. The average Bonchev–Trinajstić information content (AvgIpc) is 2.93. The number of hydrogen-bond acceptors (Lipinski definition) is 3. The van der Waals surface area contributed by atoms with Crippen molar-refractivity contribution in [3.8, 4) is 5.69 Å². The summed E-state index contributed by atoms with van der Waals surface area (Å²) < 4.78 is 2.20. The zero-order valence-corrected chi connectivity index (χ0v) is 17.2. The molecule has 0 saturated carbocycles. The first-order chi connectivity index (χ1) is 14.1. The summed E-state index contributed by atoms with van der Waals surface area (Å²) in [6, 6.07) is 16.3. The Kier molecular flexibility index (Phi) is 5.76. The predicted molar refractivity (Wildman–Crippen MR) is 115 cm³/mol. The predicted octanol–water partition coefficient (Wildman–Crippen LogP) is 3.84. The molecule has 1 amide bonds. The van der Waals surface area contributed by atoms with Crippen LogP contribution in [0.1, 0.15) is 33.7 Å². The fourth-order valence-electron chi connectivity index (χ4n) is 4.09. The number of rotatable bonds is 4. The molecule has 5 heteroatoms. The van der Waals surface area contributed by atoms with E-state index in [1.54, 1.807) is 6.20 Å². The second-order valence-electron chi connectivity index (χ2n) is 7.78. The number of benzene rings is 1. The Labute approximate surface area is 172 Å². The van der Waals surface area contributed by atoms with E-state index in [0.29, 0.717) is 0 Å². The van der Waals surface area contributed by atoms with Gasteiger partial charge in [0.25, 0.3) is 5.91 Å². The first-order valence-corrected chi connectivity index (χ1v) is 10.3. The number of nitrogens with zero attached hydrogens (tertiary/aromatic N) is 4. The number of amides is 1. The van der Waals surface area contributed by atoms with Crippen LogP contribution in [0.3, 0.4) is 0 Å². The Morgan fingerprint density at radius 2 is 1.69 bits per heavy atom. The molecule has 0 N–H and O–H groups in total. The third-order valence-corrected chi connectivity index (χ3v) is 5.65. The first-order valence-electron chi connectivity index (χ1n) is 10.3. The van der Waals surface area contributed by atoms with E-state index in [1.165, 1.54) is 17.0 Å². The molecule has 0 spiro atoms. The molecule has 0 atom stereocenters. The molecule has 1 aromatic carbocycles. The summed E-state index contributed by atoms with van der Waals surface area (Å²) in [5, 5.41) is 0. The Hall–Kier alpha value is -2.92. The van der Waals surface area contributed by atoms with Crippen LogP contribution in [-0.4, -0.2) is 51.4 Å². The number of hydrogen-bond donors (Lipinski definition) is 0. The minimum Gasteiger partial charge on any atom is -0.337 e. The van der Waals surface area contributed by atoms with Gasteiger partial charge < -0.3 is 9.47 Å². The molecule has 3 heterocycles. The monoisotopic (exact) mass is 388 g/mol. The third-order valence-electron chi connectivity index (χ3n) is 5.65. The number of carbonyl (C=O) groups excluding carboxylic acids is 1. The fraction of sp³-hybridized carbons (Fsp3) is 0.333. The molecule has 1 saturated heterocycles. The molecular formula is C24H28N4O. The van der Waals surface area contributed by atoms with Crippen molar-refractivity contribution in [1.82, 2.24) is 19.4 Å². The second-order valence-corrected chi connectivity index (χ2v) is 7.78. The van der Waals surface area contributed by atoms with Gasteiger partial charge in [-0.2, -0.15) is 0 Å². The van der Waals surface area contributed by atoms with Crippen LogP contribution in [-0.2, 0) is 6.54 Å². The van der Waals surface area contributed by atoms with Crippen molar-refractivity contribution in [3.05, 3.63) is 83.4 Å². The summed E-state index contributed by atoms with van der Waals surface area (Å²) in [7, 11) is 0. The number of pyridine rings is 1. The van der Waals surface area contributed by atoms with Gasteiger partial charge in [-0.25, -0.2) is 0 Å². The molecule has 3 aromatic rings. The van der Waals surface area contributed by atoms with Crippen LogP contribution >= 0.6 is 0 Å². The van der Waals surface area contributed by atoms with E-state index in [4.69, 9.17) is 0 Å². The minimum atomic E-state index is 0.126. The fourth-order valence-corrected chi connectivity index (χ4v) is 4.09. The van der Waals surface area contributed by atoms with Crippen LogP contribution in [0.5, 0.6) is 0 Å². The van der Waals surface area contributed by atoms with E-state index < -0.39 is 0 Å². The van der Waals surface area contributed by atoms with Gasteiger partial charge in [0.1, 0.15) is 0 Å². The van der Waals surface area contributed by atoms with Gasteiger partial charge in [-0.3, -0.25) is 14.7 Å². The van der Waals surface area contributed by atoms with Gasteiger partial charge in [0.2, 0.25) is 0 Å². The molecule has 0 bridgehead atoms. The van der Waals surface area contributed by atoms with Gasteiger partial charge in [-0.05, 0) is 68.3 Å². The van der Waals surface area contributed by atoms with E-state index in [0.717, 1.165) is 50.4 Å². The zero-order chi connectivity index (χ0) is 20.2. The third kappa shape index (κ3) is 4.40. The highest BCUT2D eigenvalue weighted by Gasteiger charge is 2.20. The number of aromatic nitrogens is 2. The van der Waals surface area contributed by atoms with Crippen LogP contribution < -0.4 is 0 Å². The van der Waals surface area contributed by atoms with Crippen molar-refractivity contribution in [2.24, 2.45) is 0 Å². The van der Waals surface area contributed by atoms with Gasteiger partial charge in [-0.1, -0.05) is 6.07 Å².